The summed E-state index contributed by atoms with van der Waals surface area (Å²) in [6.07, 6.45) is 1.63. The van der Waals surface area contributed by atoms with E-state index in [1.807, 2.05) is 0 Å². The molecule has 0 saturated heterocycles. The highest BCUT2D eigenvalue weighted by molar-refractivity contribution is 6.39. The number of nitrogens with one attached hydrogen (secondary N) is 2. The van der Waals surface area contributed by atoms with Crippen molar-refractivity contribution in [3.8, 4) is 0 Å². The number of nitro benzene ring substituents is 1. The third-order valence-electron chi connectivity index (χ3n) is 5.78. The van der Waals surface area contributed by atoms with Crippen molar-refractivity contribution >= 4 is 74.1 Å². The van der Waals surface area contributed by atoms with E-state index in [0.717, 1.165) is 0 Å². The van der Waals surface area contributed by atoms with E-state index >= 15 is 0 Å². The molecule has 0 aliphatic rings. The van der Waals surface area contributed by atoms with Gasteiger partial charge in [0.25, 0.3) is 11.2 Å². The molecule has 0 spiro atoms. The average molecular weight is 521 g/mol. The van der Waals surface area contributed by atoms with Gasteiger partial charge in [0.05, 0.1) is 48.2 Å². The zero-order chi connectivity index (χ0) is 25.6. The highest BCUT2D eigenvalue weighted by Crippen LogP contribution is 2.34. The van der Waals surface area contributed by atoms with Gasteiger partial charge >= 0.3 is 0 Å². The van der Waals surface area contributed by atoms with E-state index in [0.29, 0.717) is 60.6 Å². The molecule has 0 fully saturated rings. The summed E-state index contributed by atoms with van der Waals surface area (Å²) in [6.45, 7) is 1.73. The zero-order valence-corrected chi connectivity index (χ0v) is 20.6. The summed E-state index contributed by atoms with van der Waals surface area (Å²) in [4.78, 5) is 36.2. The molecule has 0 radical (unpaired) electrons. The van der Waals surface area contributed by atoms with Gasteiger partial charge in [-0.15, -0.1) is 0 Å². The maximum absolute atomic E-state index is 13.2. The molecular formula is C25H18Cl2N6O3. The maximum atomic E-state index is 13.2. The van der Waals surface area contributed by atoms with Gasteiger partial charge in [0, 0.05) is 13.1 Å². The Balaban J connectivity index is 1.62. The van der Waals surface area contributed by atoms with Gasteiger partial charge in [-0.05, 0) is 48.9 Å². The Kier molecular flexibility index (Phi) is 5.95. The van der Waals surface area contributed by atoms with Gasteiger partial charge < -0.3 is 14.9 Å². The Labute approximate surface area is 214 Å². The van der Waals surface area contributed by atoms with Gasteiger partial charge in [-0.25, -0.2) is 9.97 Å². The van der Waals surface area contributed by atoms with Crippen molar-refractivity contribution in [2.75, 3.05) is 5.32 Å². The van der Waals surface area contributed by atoms with Crippen molar-refractivity contribution in [2.45, 2.75) is 6.92 Å². The van der Waals surface area contributed by atoms with Crippen LogP contribution in [0.4, 0.5) is 17.3 Å². The summed E-state index contributed by atoms with van der Waals surface area (Å²) in [5, 5.41) is 15.7. The molecule has 0 aliphatic heterocycles. The number of rotatable bonds is 5. The molecule has 0 saturated carbocycles. The fraction of sp³-hybridized carbons (Fsp3) is 0.0800. The van der Waals surface area contributed by atoms with Crippen molar-refractivity contribution < 1.29 is 4.92 Å². The maximum Gasteiger partial charge on any atom is 0.276 e. The fourth-order valence-electron chi connectivity index (χ4n) is 4.03. The number of aryl methyl sites for hydroxylation is 1. The number of hydrogen-bond donors (Lipinski definition) is 2. The number of anilines is 2. The lowest BCUT2D eigenvalue weighted by molar-refractivity contribution is -0.385. The lowest BCUT2D eigenvalue weighted by Gasteiger charge is -2.10. The fourth-order valence-corrected chi connectivity index (χ4v) is 4.53. The third kappa shape index (κ3) is 4.08. The van der Waals surface area contributed by atoms with Crippen molar-refractivity contribution in [1.29, 1.82) is 0 Å². The summed E-state index contributed by atoms with van der Waals surface area (Å²) in [5.74, 6) is 0.761. The number of fused-ring (bicyclic) bond motifs is 3. The smallest absolute Gasteiger partial charge is 0.276 e. The number of hydrogen-bond acceptors (Lipinski definition) is 6. The monoisotopic (exact) mass is 520 g/mol. The van der Waals surface area contributed by atoms with Crippen molar-refractivity contribution in [3.63, 3.8) is 0 Å². The first-order valence-corrected chi connectivity index (χ1v) is 11.5. The standard InChI is InChI=1S/C25H18Cl2N6O3/c1-13(12-14-6-3-4-9-19(14)33(35)36)23-28-17-10-11-18-22(20(17)24(34)31-23)32(2)25(29-18)30-21-15(26)7-5-8-16(21)27/h3-12H,1-2H3,(H,29,30)(H,28,31,34). The largest absolute Gasteiger partial charge is 0.323 e. The molecule has 5 rings (SSSR count). The van der Waals surface area contributed by atoms with Crippen LogP contribution in [-0.4, -0.2) is 24.4 Å². The number of benzene rings is 3. The normalized spacial score (nSPS) is 11.8. The first-order valence-electron chi connectivity index (χ1n) is 10.8. The quantitative estimate of drug-likeness (QED) is 0.206. The molecular weight excluding hydrogens is 503 g/mol. The highest BCUT2D eigenvalue weighted by Gasteiger charge is 2.18. The molecule has 36 heavy (non-hydrogen) atoms. The van der Waals surface area contributed by atoms with Gasteiger partial charge in [0.1, 0.15) is 5.82 Å². The van der Waals surface area contributed by atoms with E-state index in [4.69, 9.17) is 23.2 Å². The van der Waals surface area contributed by atoms with Gasteiger partial charge in [-0.1, -0.05) is 41.4 Å². The molecule has 11 heteroatoms. The molecule has 0 bridgehead atoms. The molecule has 5 aromatic rings. The number of aromatic amines is 1. The lowest BCUT2D eigenvalue weighted by atomic mass is 10.1. The first kappa shape index (κ1) is 23.5. The molecule has 2 heterocycles. The van der Waals surface area contributed by atoms with Gasteiger partial charge in [0.2, 0.25) is 5.95 Å². The van der Waals surface area contributed by atoms with Crippen LogP contribution in [0, 0.1) is 10.1 Å². The second-order valence-corrected chi connectivity index (χ2v) is 8.92. The Morgan fingerprint density at radius 3 is 2.47 bits per heavy atom. The summed E-state index contributed by atoms with van der Waals surface area (Å²) >= 11 is 12.6. The molecule has 2 N–H and O–H groups in total. The first-order chi connectivity index (χ1) is 17.2. The van der Waals surface area contributed by atoms with E-state index < -0.39 is 4.92 Å². The van der Waals surface area contributed by atoms with Crippen LogP contribution in [0.3, 0.4) is 0 Å². The molecule has 180 valence electrons. The summed E-state index contributed by atoms with van der Waals surface area (Å²) in [6, 6.07) is 15.0. The summed E-state index contributed by atoms with van der Waals surface area (Å²) in [7, 11) is 1.77. The summed E-state index contributed by atoms with van der Waals surface area (Å²) < 4.78 is 1.74. The van der Waals surface area contributed by atoms with Gasteiger partial charge in [-0.3, -0.25) is 14.9 Å². The number of H-pyrrole nitrogens is 1. The predicted molar refractivity (Wildman–Crippen MR) is 143 cm³/mol. The van der Waals surface area contributed by atoms with Crippen LogP contribution in [0.1, 0.15) is 18.3 Å². The molecule has 2 aromatic heterocycles. The predicted octanol–water partition coefficient (Wildman–Crippen LogP) is 6.33. The van der Waals surface area contributed by atoms with Crippen LogP contribution >= 0.6 is 23.2 Å². The Hall–Kier alpha value is -4.21. The molecule has 0 aliphatic carbocycles. The number of allylic oxidation sites excluding steroid dienone is 1. The van der Waals surface area contributed by atoms with Crippen LogP contribution in [0.2, 0.25) is 10.0 Å². The van der Waals surface area contributed by atoms with E-state index in [1.165, 1.54) is 6.07 Å². The van der Waals surface area contributed by atoms with Crippen molar-refractivity contribution in [1.82, 2.24) is 19.5 Å². The van der Waals surface area contributed by atoms with Gasteiger partial charge in [-0.2, -0.15) is 0 Å². The highest BCUT2D eigenvalue weighted by atomic mass is 35.5. The Morgan fingerprint density at radius 1 is 1.06 bits per heavy atom. The average Bonchev–Trinajstić information content (AvgIpc) is 3.16. The minimum absolute atomic E-state index is 0.0322. The van der Waals surface area contributed by atoms with Crippen molar-refractivity contribution in [2.24, 2.45) is 7.05 Å². The van der Waals surface area contributed by atoms with Crippen LogP contribution in [0.25, 0.3) is 33.6 Å². The Bertz CT molecular complexity index is 1750. The minimum Gasteiger partial charge on any atom is -0.323 e. The molecule has 0 amide bonds. The number of nitro groups is 1. The van der Waals surface area contributed by atoms with Crippen LogP contribution in [0.15, 0.2) is 59.4 Å². The number of imidazole rings is 1. The molecule has 3 aromatic carbocycles. The lowest BCUT2D eigenvalue weighted by Crippen LogP contribution is -2.12. The second kappa shape index (κ2) is 9.10. The van der Waals surface area contributed by atoms with E-state index in [-0.39, 0.29) is 11.2 Å². The number of para-hydroxylation sites is 2. The van der Waals surface area contributed by atoms with E-state index in [1.54, 1.807) is 73.1 Å². The molecule has 0 atom stereocenters. The Morgan fingerprint density at radius 2 is 1.75 bits per heavy atom. The van der Waals surface area contributed by atoms with Gasteiger partial charge in [0.15, 0.2) is 0 Å². The molecule has 0 unspecified atom stereocenters. The number of nitrogens with zero attached hydrogens (tertiary/aromatic N) is 4. The zero-order valence-electron chi connectivity index (χ0n) is 19.0. The van der Waals surface area contributed by atoms with E-state index in [9.17, 15) is 14.9 Å². The van der Waals surface area contributed by atoms with Crippen LogP contribution in [-0.2, 0) is 7.05 Å². The number of halogens is 2. The summed E-state index contributed by atoms with van der Waals surface area (Å²) in [5.41, 5.74) is 2.73. The topological polar surface area (TPSA) is 119 Å². The van der Waals surface area contributed by atoms with Crippen LogP contribution in [0.5, 0.6) is 0 Å². The minimum atomic E-state index is -0.448. The molecule has 9 nitrogen and oxygen atoms in total. The number of aromatic nitrogens is 4. The van der Waals surface area contributed by atoms with Crippen LogP contribution < -0.4 is 10.9 Å². The second-order valence-electron chi connectivity index (χ2n) is 8.10. The third-order valence-corrected chi connectivity index (χ3v) is 6.41. The SMILES string of the molecule is CC(=Cc1ccccc1[N+](=O)[O-])c1nc2ccc3nc(Nc4c(Cl)cccc4Cl)n(C)c3c2c(=O)[nH]1. The van der Waals surface area contributed by atoms with Crippen molar-refractivity contribution in [3.05, 3.63) is 96.5 Å². The van der Waals surface area contributed by atoms with E-state index in [2.05, 4.69) is 20.3 Å².